The summed E-state index contributed by atoms with van der Waals surface area (Å²) in [6, 6.07) is 9.99. The van der Waals surface area contributed by atoms with Gasteiger partial charge in [0.15, 0.2) is 0 Å². The fraction of sp³-hybridized carbons (Fsp3) is 0.462. The molecule has 0 spiro atoms. The third-order valence-electron chi connectivity index (χ3n) is 3.56. The van der Waals surface area contributed by atoms with Gasteiger partial charge in [0.05, 0.1) is 0 Å². The Morgan fingerprint density at radius 3 is 2.53 bits per heavy atom. The first-order valence-corrected chi connectivity index (χ1v) is 6.01. The van der Waals surface area contributed by atoms with Crippen molar-refractivity contribution in [2.45, 2.75) is 31.3 Å². The Balaban J connectivity index is 2.21. The molecule has 1 amide bonds. The van der Waals surface area contributed by atoms with Crippen LogP contribution in [-0.4, -0.2) is 23.9 Å². The van der Waals surface area contributed by atoms with Crippen molar-refractivity contribution in [1.29, 1.82) is 0 Å². The van der Waals surface area contributed by atoms with Crippen LogP contribution in [-0.2, 0) is 4.79 Å². The number of likely N-dealkylation sites (N-methyl/N-ethyl adjacent to an activating group) is 1. The Morgan fingerprint density at radius 2 is 2.06 bits per heavy atom. The van der Waals surface area contributed by atoms with Crippen LogP contribution in [0.1, 0.15) is 30.9 Å². The maximum atomic E-state index is 11.9. The van der Waals surface area contributed by atoms with Crippen LogP contribution in [0.25, 0.3) is 0 Å². The molecule has 1 aromatic carbocycles. The predicted molar refractivity (Wildman–Crippen MR) is 66.9 cm³/mol. The molecule has 1 saturated carbocycles. The summed E-state index contributed by atoms with van der Waals surface area (Å²) in [5.74, 6) is 5.13. The first-order valence-electron chi connectivity index (χ1n) is 6.01. The van der Waals surface area contributed by atoms with Crippen molar-refractivity contribution < 1.29 is 4.79 Å². The summed E-state index contributed by atoms with van der Waals surface area (Å²) in [7, 11) is 2.00. The molecule has 0 aromatic heterocycles. The molecule has 1 unspecified atom stereocenters. The normalized spacial score (nSPS) is 17.6. The van der Waals surface area contributed by atoms with E-state index >= 15 is 0 Å². The van der Waals surface area contributed by atoms with Gasteiger partial charge in [-0.25, -0.2) is 5.84 Å². The van der Waals surface area contributed by atoms with Gasteiger partial charge in [0.25, 0.3) is 5.91 Å². The Hall–Kier alpha value is -1.39. The van der Waals surface area contributed by atoms with E-state index in [1.165, 1.54) is 6.42 Å². The van der Waals surface area contributed by atoms with Crippen LogP contribution in [0.15, 0.2) is 30.3 Å². The summed E-state index contributed by atoms with van der Waals surface area (Å²) < 4.78 is 0. The lowest BCUT2D eigenvalue weighted by molar-refractivity contribution is -0.127. The lowest BCUT2D eigenvalue weighted by Gasteiger charge is -2.39. The third kappa shape index (κ3) is 2.48. The van der Waals surface area contributed by atoms with Crippen molar-refractivity contribution in [2.75, 3.05) is 7.05 Å². The molecule has 4 heteroatoms. The number of amides is 1. The van der Waals surface area contributed by atoms with Gasteiger partial charge >= 0.3 is 0 Å². The molecule has 0 heterocycles. The van der Waals surface area contributed by atoms with Gasteiger partial charge < -0.3 is 0 Å². The molecule has 92 valence electrons. The van der Waals surface area contributed by atoms with Gasteiger partial charge in [0, 0.05) is 6.04 Å². The predicted octanol–water partition coefficient (Wildman–Crippen LogP) is 1.20. The molecule has 0 bridgehead atoms. The largest absolute Gasteiger partial charge is 0.293 e. The molecule has 3 N–H and O–H groups in total. The molecule has 1 aliphatic rings. The van der Waals surface area contributed by atoms with Crippen molar-refractivity contribution >= 4 is 5.91 Å². The lowest BCUT2D eigenvalue weighted by Crippen LogP contribution is -2.47. The second-order valence-corrected chi connectivity index (χ2v) is 4.57. The molecule has 17 heavy (non-hydrogen) atoms. The quantitative estimate of drug-likeness (QED) is 0.467. The van der Waals surface area contributed by atoms with Crippen molar-refractivity contribution in [3.63, 3.8) is 0 Å². The molecule has 0 radical (unpaired) electrons. The molecule has 1 atom stereocenters. The van der Waals surface area contributed by atoms with Crippen LogP contribution < -0.4 is 11.3 Å². The molecular formula is C13H19N3O. The highest BCUT2D eigenvalue weighted by Crippen LogP contribution is 2.30. The van der Waals surface area contributed by atoms with E-state index in [0.29, 0.717) is 6.04 Å². The standard InChI is InChI=1S/C13H19N3O/c1-16(11-8-5-9-11)12(13(17)15-14)10-6-3-2-4-7-10/h2-4,6-7,11-12H,5,8-9,14H2,1H3,(H,15,17). The van der Waals surface area contributed by atoms with Gasteiger partial charge in [0.2, 0.25) is 0 Å². The molecule has 4 nitrogen and oxygen atoms in total. The third-order valence-corrected chi connectivity index (χ3v) is 3.56. The SMILES string of the molecule is CN(C1CCC1)C(C(=O)NN)c1ccccc1. The number of nitrogens with zero attached hydrogens (tertiary/aromatic N) is 1. The maximum absolute atomic E-state index is 11.9. The molecular weight excluding hydrogens is 214 g/mol. The number of rotatable bonds is 4. The molecule has 1 aromatic rings. The first-order chi connectivity index (χ1) is 8.24. The molecule has 0 saturated heterocycles. The van der Waals surface area contributed by atoms with Gasteiger partial charge in [-0.1, -0.05) is 36.8 Å². The van der Waals surface area contributed by atoms with Gasteiger partial charge in [-0.2, -0.15) is 0 Å². The summed E-state index contributed by atoms with van der Waals surface area (Å²) in [6.45, 7) is 0. The number of carbonyl (C=O) groups is 1. The van der Waals surface area contributed by atoms with Gasteiger partial charge in [0.1, 0.15) is 6.04 Å². The van der Waals surface area contributed by atoms with Crippen LogP contribution in [0.4, 0.5) is 0 Å². The summed E-state index contributed by atoms with van der Waals surface area (Å²) in [6.07, 6.45) is 3.58. The minimum atomic E-state index is -0.286. The van der Waals surface area contributed by atoms with Gasteiger partial charge in [-0.3, -0.25) is 15.1 Å². The van der Waals surface area contributed by atoms with Crippen LogP contribution in [0, 0.1) is 0 Å². The van der Waals surface area contributed by atoms with E-state index in [1.54, 1.807) is 0 Å². The number of nitrogens with two attached hydrogens (primary N) is 1. The highest BCUT2D eigenvalue weighted by Gasteiger charge is 2.32. The number of carbonyl (C=O) groups excluding carboxylic acids is 1. The average Bonchev–Trinajstić information content (AvgIpc) is 2.28. The smallest absolute Gasteiger partial charge is 0.255 e. The van der Waals surface area contributed by atoms with E-state index in [-0.39, 0.29) is 11.9 Å². The molecule has 0 aliphatic heterocycles. The summed E-state index contributed by atoms with van der Waals surface area (Å²) in [5, 5.41) is 0. The van der Waals surface area contributed by atoms with Crippen LogP contribution >= 0.6 is 0 Å². The molecule has 1 aliphatic carbocycles. The van der Waals surface area contributed by atoms with Crippen LogP contribution in [0.2, 0.25) is 0 Å². The Labute approximate surface area is 102 Å². The number of nitrogens with one attached hydrogen (secondary N) is 1. The van der Waals surface area contributed by atoms with Crippen LogP contribution in [0.5, 0.6) is 0 Å². The van der Waals surface area contributed by atoms with Crippen molar-refractivity contribution in [3.8, 4) is 0 Å². The minimum Gasteiger partial charge on any atom is -0.293 e. The van der Waals surface area contributed by atoms with E-state index in [2.05, 4.69) is 10.3 Å². The van der Waals surface area contributed by atoms with Crippen molar-refractivity contribution in [2.24, 2.45) is 5.84 Å². The van der Waals surface area contributed by atoms with Crippen molar-refractivity contribution in [3.05, 3.63) is 35.9 Å². The molecule has 2 rings (SSSR count). The van der Waals surface area contributed by atoms with E-state index < -0.39 is 0 Å². The van der Waals surface area contributed by atoms with Gasteiger partial charge in [-0.05, 0) is 25.5 Å². The maximum Gasteiger partial charge on any atom is 0.255 e. The Bertz CT molecular complexity index is 376. The fourth-order valence-corrected chi connectivity index (χ4v) is 2.29. The Morgan fingerprint density at radius 1 is 1.41 bits per heavy atom. The second kappa shape index (κ2) is 5.29. The zero-order valence-corrected chi connectivity index (χ0v) is 10.1. The second-order valence-electron chi connectivity index (χ2n) is 4.57. The number of benzene rings is 1. The van der Waals surface area contributed by atoms with Crippen LogP contribution in [0.3, 0.4) is 0 Å². The minimum absolute atomic E-state index is 0.148. The number of hydrazine groups is 1. The average molecular weight is 233 g/mol. The van der Waals surface area contributed by atoms with E-state index in [1.807, 2.05) is 37.4 Å². The topological polar surface area (TPSA) is 58.4 Å². The van der Waals surface area contributed by atoms with E-state index in [9.17, 15) is 4.79 Å². The van der Waals surface area contributed by atoms with E-state index in [4.69, 9.17) is 5.84 Å². The highest BCUT2D eigenvalue weighted by molar-refractivity contribution is 5.82. The lowest BCUT2D eigenvalue weighted by atomic mass is 9.89. The Kier molecular flexibility index (Phi) is 3.76. The van der Waals surface area contributed by atoms with E-state index in [0.717, 1.165) is 18.4 Å². The first kappa shape index (κ1) is 12.1. The molecule has 1 fully saturated rings. The van der Waals surface area contributed by atoms with Crippen molar-refractivity contribution in [1.82, 2.24) is 10.3 Å². The summed E-state index contributed by atoms with van der Waals surface area (Å²) in [4.78, 5) is 14.0. The number of hydrogen-bond donors (Lipinski definition) is 2. The summed E-state index contributed by atoms with van der Waals surface area (Å²) in [5.41, 5.74) is 3.26. The zero-order valence-electron chi connectivity index (χ0n) is 10.1. The summed E-state index contributed by atoms with van der Waals surface area (Å²) >= 11 is 0. The van der Waals surface area contributed by atoms with Gasteiger partial charge in [-0.15, -0.1) is 0 Å². The monoisotopic (exact) mass is 233 g/mol. The fourth-order valence-electron chi connectivity index (χ4n) is 2.29. The zero-order chi connectivity index (χ0) is 12.3. The highest BCUT2D eigenvalue weighted by atomic mass is 16.2. The number of hydrogen-bond acceptors (Lipinski definition) is 3.